The molecule has 0 aromatic rings. The molecule has 0 aliphatic carbocycles. The smallest absolute Gasteiger partial charge is 0.0590 e. The molecule has 4 nitrogen and oxygen atoms in total. The van der Waals surface area contributed by atoms with Gasteiger partial charge in [0.05, 0.1) is 19.8 Å². The average Bonchev–Trinajstić information content (AvgIpc) is 2.27. The lowest BCUT2D eigenvalue weighted by Crippen LogP contribution is -2.39. The van der Waals surface area contributed by atoms with Gasteiger partial charge in [-0.3, -0.25) is 0 Å². The first-order valence-electron chi connectivity index (χ1n) is 6.04. The lowest BCUT2D eigenvalue weighted by atomic mass is 9.93. The molecule has 0 amide bonds. The van der Waals surface area contributed by atoms with E-state index >= 15 is 0 Å². The third-order valence-corrected chi connectivity index (χ3v) is 2.58. The minimum Gasteiger partial charge on any atom is -0.396 e. The Morgan fingerprint density at radius 2 is 1.81 bits per heavy atom. The Labute approximate surface area is 99.0 Å². The van der Waals surface area contributed by atoms with E-state index < -0.39 is 5.41 Å². The SMILES string of the molecule is CC(C)CCOCCNCC(C)(CO)CO. The van der Waals surface area contributed by atoms with Crippen LogP contribution in [0, 0.1) is 11.3 Å². The monoisotopic (exact) mass is 233 g/mol. The van der Waals surface area contributed by atoms with Crippen LogP contribution in [0.5, 0.6) is 0 Å². The zero-order valence-electron chi connectivity index (χ0n) is 10.8. The average molecular weight is 233 g/mol. The Morgan fingerprint density at radius 3 is 2.31 bits per heavy atom. The second-order valence-corrected chi connectivity index (χ2v) is 5.10. The molecule has 0 bridgehead atoms. The summed E-state index contributed by atoms with van der Waals surface area (Å²) in [6.45, 7) is 9.03. The van der Waals surface area contributed by atoms with E-state index in [1.165, 1.54) is 0 Å². The number of hydrogen-bond acceptors (Lipinski definition) is 4. The molecule has 0 unspecified atom stereocenters. The Hall–Kier alpha value is -0.160. The normalized spacial score (nSPS) is 12.4. The van der Waals surface area contributed by atoms with Crippen molar-refractivity contribution in [3.63, 3.8) is 0 Å². The van der Waals surface area contributed by atoms with Crippen LogP contribution < -0.4 is 5.32 Å². The summed E-state index contributed by atoms with van der Waals surface area (Å²) in [6.07, 6.45) is 1.09. The van der Waals surface area contributed by atoms with Crippen molar-refractivity contribution in [2.45, 2.75) is 27.2 Å². The van der Waals surface area contributed by atoms with Crippen LogP contribution in [0.1, 0.15) is 27.2 Å². The van der Waals surface area contributed by atoms with E-state index in [1.807, 2.05) is 6.92 Å². The Balaban J connectivity index is 3.33. The molecule has 0 atom stereocenters. The number of nitrogens with one attached hydrogen (secondary N) is 1. The van der Waals surface area contributed by atoms with Gasteiger partial charge in [-0.2, -0.15) is 0 Å². The molecule has 0 saturated carbocycles. The van der Waals surface area contributed by atoms with Crippen LogP contribution in [0.3, 0.4) is 0 Å². The molecule has 0 aliphatic heterocycles. The molecule has 0 rings (SSSR count). The summed E-state index contributed by atoms with van der Waals surface area (Å²) in [7, 11) is 0. The third-order valence-electron chi connectivity index (χ3n) is 2.58. The van der Waals surface area contributed by atoms with Gasteiger partial charge in [0.2, 0.25) is 0 Å². The number of hydrogen-bond donors (Lipinski definition) is 3. The first-order valence-corrected chi connectivity index (χ1v) is 6.04. The van der Waals surface area contributed by atoms with E-state index in [0.717, 1.165) is 19.6 Å². The fourth-order valence-electron chi connectivity index (χ4n) is 1.12. The molecule has 98 valence electrons. The molecule has 16 heavy (non-hydrogen) atoms. The Kier molecular flexibility index (Phi) is 8.84. The Bertz CT molecular complexity index is 158. The van der Waals surface area contributed by atoms with Gasteiger partial charge < -0.3 is 20.3 Å². The van der Waals surface area contributed by atoms with Crippen molar-refractivity contribution in [3.05, 3.63) is 0 Å². The molecule has 0 heterocycles. The molecular weight excluding hydrogens is 206 g/mol. The number of ether oxygens (including phenoxy) is 1. The zero-order chi connectivity index (χ0) is 12.4. The van der Waals surface area contributed by atoms with Gasteiger partial charge in [-0.25, -0.2) is 0 Å². The van der Waals surface area contributed by atoms with Gasteiger partial charge in [-0.1, -0.05) is 20.8 Å². The summed E-state index contributed by atoms with van der Waals surface area (Å²) >= 11 is 0. The largest absolute Gasteiger partial charge is 0.396 e. The molecule has 0 saturated heterocycles. The van der Waals surface area contributed by atoms with Crippen LogP contribution in [0.2, 0.25) is 0 Å². The number of aliphatic hydroxyl groups is 2. The van der Waals surface area contributed by atoms with E-state index in [0.29, 0.717) is 19.1 Å². The van der Waals surface area contributed by atoms with Crippen molar-refractivity contribution in [3.8, 4) is 0 Å². The summed E-state index contributed by atoms with van der Waals surface area (Å²) in [6, 6.07) is 0. The topological polar surface area (TPSA) is 61.7 Å². The lowest BCUT2D eigenvalue weighted by molar-refractivity contribution is 0.0656. The standard InChI is InChI=1S/C12H27NO3/c1-11(2)4-6-16-7-5-13-8-12(3,9-14)10-15/h11,13-15H,4-10H2,1-3H3. The highest BCUT2D eigenvalue weighted by molar-refractivity contribution is 4.74. The zero-order valence-corrected chi connectivity index (χ0v) is 10.8. The van der Waals surface area contributed by atoms with E-state index in [-0.39, 0.29) is 13.2 Å². The van der Waals surface area contributed by atoms with Gasteiger partial charge in [-0.15, -0.1) is 0 Å². The van der Waals surface area contributed by atoms with Crippen LogP contribution in [0.15, 0.2) is 0 Å². The molecule has 0 aliphatic rings. The highest BCUT2D eigenvalue weighted by atomic mass is 16.5. The van der Waals surface area contributed by atoms with Crippen LogP contribution in [-0.2, 0) is 4.74 Å². The molecule has 0 aromatic carbocycles. The quantitative estimate of drug-likeness (QED) is 0.484. The minimum absolute atomic E-state index is 0.00922. The molecule has 0 aromatic heterocycles. The molecule has 0 spiro atoms. The van der Waals surface area contributed by atoms with Gasteiger partial charge in [0.1, 0.15) is 0 Å². The van der Waals surface area contributed by atoms with E-state index in [4.69, 9.17) is 14.9 Å². The fraction of sp³-hybridized carbons (Fsp3) is 1.00. The van der Waals surface area contributed by atoms with Crippen molar-refractivity contribution in [1.29, 1.82) is 0 Å². The maximum atomic E-state index is 9.06. The maximum Gasteiger partial charge on any atom is 0.0590 e. The predicted molar refractivity (Wildman–Crippen MR) is 65.4 cm³/mol. The summed E-state index contributed by atoms with van der Waals surface area (Å²) in [5, 5.41) is 21.3. The van der Waals surface area contributed by atoms with E-state index in [1.54, 1.807) is 0 Å². The van der Waals surface area contributed by atoms with Gasteiger partial charge in [0.15, 0.2) is 0 Å². The van der Waals surface area contributed by atoms with Crippen LogP contribution >= 0.6 is 0 Å². The molecular formula is C12H27NO3. The van der Waals surface area contributed by atoms with Gasteiger partial charge in [-0.05, 0) is 12.3 Å². The van der Waals surface area contributed by atoms with Crippen LogP contribution in [0.4, 0.5) is 0 Å². The van der Waals surface area contributed by atoms with Gasteiger partial charge >= 0.3 is 0 Å². The minimum atomic E-state index is -0.433. The van der Waals surface area contributed by atoms with Gasteiger partial charge in [0, 0.05) is 25.1 Å². The van der Waals surface area contributed by atoms with Crippen molar-refractivity contribution in [2.75, 3.05) is 39.5 Å². The second kappa shape index (κ2) is 8.93. The highest BCUT2D eigenvalue weighted by Gasteiger charge is 2.21. The third kappa shape index (κ3) is 8.05. The summed E-state index contributed by atoms with van der Waals surface area (Å²) in [4.78, 5) is 0. The van der Waals surface area contributed by atoms with Crippen molar-refractivity contribution in [2.24, 2.45) is 11.3 Å². The molecule has 4 heteroatoms. The van der Waals surface area contributed by atoms with Crippen molar-refractivity contribution >= 4 is 0 Å². The van der Waals surface area contributed by atoms with Gasteiger partial charge in [0.25, 0.3) is 0 Å². The lowest BCUT2D eigenvalue weighted by Gasteiger charge is -2.24. The molecule has 3 N–H and O–H groups in total. The summed E-state index contributed by atoms with van der Waals surface area (Å²) in [5.74, 6) is 0.681. The molecule has 0 fully saturated rings. The first-order chi connectivity index (χ1) is 7.54. The Morgan fingerprint density at radius 1 is 1.19 bits per heavy atom. The summed E-state index contributed by atoms with van der Waals surface area (Å²) < 4.78 is 5.44. The first kappa shape index (κ1) is 15.8. The van der Waals surface area contributed by atoms with Crippen LogP contribution in [0.25, 0.3) is 0 Å². The van der Waals surface area contributed by atoms with Crippen molar-refractivity contribution < 1.29 is 14.9 Å². The number of aliphatic hydroxyl groups excluding tert-OH is 2. The predicted octanol–water partition coefficient (Wildman–Crippen LogP) is 0.630. The maximum absolute atomic E-state index is 9.06. The summed E-state index contributed by atoms with van der Waals surface area (Å²) in [5.41, 5.74) is -0.433. The second-order valence-electron chi connectivity index (χ2n) is 5.10. The molecule has 0 radical (unpaired) electrons. The van der Waals surface area contributed by atoms with Crippen molar-refractivity contribution in [1.82, 2.24) is 5.32 Å². The highest BCUT2D eigenvalue weighted by Crippen LogP contribution is 2.11. The fourth-order valence-corrected chi connectivity index (χ4v) is 1.12. The van der Waals surface area contributed by atoms with E-state index in [2.05, 4.69) is 19.2 Å². The van der Waals surface area contributed by atoms with E-state index in [9.17, 15) is 0 Å². The van der Waals surface area contributed by atoms with Crippen LogP contribution in [-0.4, -0.2) is 49.7 Å². The number of rotatable bonds is 10.